The second kappa shape index (κ2) is 7.04. The summed E-state index contributed by atoms with van der Waals surface area (Å²) in [5.74, 6) is 0.114. The molecular formula is C22H25N7O2. The Morgan fingerprint density at radius 3 is 2.87 bits per heavy atom. The number of carbonyl (C=O) groups is 1. The van der Waals surface area contributed by atoms with E-state index in [-0.39, 0.29) is 17.2 Å². The maximum Gasteiger partial charge on any atom is 0.312 e. The van der Waals surface area contributed by atoms with Crippen LogP contribution in [-0.4, -0.2) is 47.1 Å². The molecule has 1 aliphatic heterocycles. The monoisotopic (exact) mass is 419 g/mol. The Morgan fingerprint density at radius 1 is 1.29 bits per heavy atom. The first-order valence-corrected chi connectivity index (χ1v) is 10.5. The highest BCUT2D eigenvalue weighted by molar-refractivity contribution is 5.90. The number of fused-ring (bicyclic) bond motifs is 2. The standard InChI is InChI=1S/C22H25N7O2/c1-5-13-6-7-14-10-16(27-29(14)11-13)18-17-15(23-12-24-17)8-9-28(18)20(30)19-25-26-21(31-19)22(2,3)4/h6-7,10-12,18H,5,8-9H2,1-4H3,(H,23,24)/t18-/m1/s1. The molecule has 1 atom stereocenters. The van der Waals surface area contributed by atoms with Gasteiger partial charge in [-0.15, -0.1) is 10.2 Å². The van der Waals surface area contributed by atoms with Crippen molar-refractivity contribution in [1.29, 1.82) is 0 Å². The van der Waals surface area contributed by atoms with Gasteiger partial charge in [-0.3, -0.25) is 4.79 Å². The Labute approximate surface area is 179 Å². The highest BCUT2D eigenvalue weighted by Crippen LogP contribution is 2.34. The molecule has 0 unspecified atom stereocenters. The summed E-state index contributed by atoms with van der Waals surface area (Å²) in [5.41, 5.74) is 4.40. The van der Waals surface area contributed by atoms with E-state index in [1.54, 1.807) is 11.2 Å². The summed E-state index contributed by atoms with van der Waals surface area (Å²) < 4.78 is 7.60. The van der Waals surface area contributed by atoms with E-state index < -0.39 is 6.04 Å². The topological polar surface area (TPSA) is 105 Å². The SMILES string of the molecule is CCc1ccc2cc([C@@H]3c4nc[nH]c4CCN3C(=O)c3nnc(C(C)(C)C)o3)nn2c1. The number of rotatable bonds is 3. The van der Waals surface area contributed by atoms with Crippen molar-refractivity contribution >= 4 is 11.4 Å². The van der Waals surface area contributed by atoms with Gasteiger partial charge >= 0.3 is 11.8 Å². The lowest BCUT2D eigenvalue weighted by Crippen LogP contribution is -2.41. The van der Waals surface area contributed by atoms with Gasteiger partial charge in [-0.2, -0.15) is 5.10 Å². The molecule has 0 saturated carbocycles. The number of H-pyrrole nitrogens is 1. The smallest absolute Gasteiger partial charge is 0.312 e. The van der Waals surface area contributed by atoms with E-state index in [9.17, 15) is 4.79 Å². The molecule has 1 aliphatic rings. The number of carbonyl (C=O) groups excluding carboxylic acids is 1. The van der Waals surface area contributed by atoms with Gasteiger partial charge < -0.3 is 14.3 Å². The Kier molecular flexibility index (Phi) is 4.42. The molecule has 0 saturated heterocycles. The first-order chi connectivity index (χ1) is 14.8. The molecule has 1 N–H and O–H groups in total. The molecule has 9 nitrogen and oxygen atoms in total. The summed E-state index contributed by atoms with van der Waals surface area (Å²) in [5, 5.41) is 12.9. The van der Waals surface area contributed by atoms with Crippen LogP contribution in [0.25, 0.3) is 5.52 Å². The molecule has 0 aromatic carbocycles. The number of pyridine rings is 1. The Morgan fingerprint density at radius 2 is 2.13 bits per heavy atom. The van der Waals surface area contributed by atoms with Crippen molar-refractivity contribution < 1.29 is 9.21 Å². The number of imidazole rings is 1. The van der Waals surface area contributed by atoms with E-state index in [1.165, 1.54) is 5.56 Å². The van der Waals surface area contributed by atoms with Crippen LogP contribution >= 0.6 is 0 Å². The summed E-state index contributed by atoms with van der Waals surface area (Å²) in [6.07, 6.45) is 5.29. The van der Waals surface area contributed by atoms with Gasteiger partial charge in [0.2, 0.25) is 5.89 Å². The molecule has 5 heterocycles. The van der Waals surface area contributed by atoms with E-state index >= 15 is 0 Å². The van der Waals surface area contributed by atoms with Crippen LogP contribution in [0.4, 0.5) is 0 Å². The minimum atomic E-state index is -0.433. The van der Waals surface area contributed by atoms with Crippen LogP contribution in [0, 0.1) is 0 Å². The summed E-state index contributed by atoms with van der Waals surface area (Å²) in [7, 11) is 0. The average molecular weight is 419 g/mol. The van der Waals surface area contributed by atoms with Crippen LogP contribution in [0.5, 0.6) is 0 Å². The van der Waals surface area contributed by atoms with E-state index in [2.05, 4.69) is 33.2 Å². The predicted molar refractivity (Wildman–Crippen MR) is 113 cm³/mol. The molecular weight excluding hydrogens is 394 g/mol. The van der Waals surface area contributed by atoms with Crippen LogP contribution in [-0.2, 0) is 18.3 Å². The molecule has 31 heavy (non-hydrogen) atoms. The van der Waals surface area contributed by atoms with Crippen LogP contribution in [0.2, 0.25) is 0 Å². The third kappa shape index (κ3) is 3.30. The second-order valence-corrected chi connectivity index (χ2v) is 8.91. The summed E-state index contributed by atoms with van der Waals surface area (Å²) in [4.78, 5) is 22.9. The quantitative estimate of drug-likeness (QED) is 0.547. The Bertz CT molecular complexity index is 1260. The summed E-state index contributed by atoms with van der Waals surface area (Å²) in [6.45, 7) is 8.51. The van der Waals surface area contributed by atoms with Crippen molar-refractivity contribution in [3.8, 4) is 0 Å². The minimum Gasteiger partial charge on any atom is -0.416 e. The Balaban J connectivity index is 1.57. The summed E-state index contributed by atoms with van der Waals surface area (Å²) >= 11 is 0. The average Bonchev–Trinajstić information content (AvgIpc) is 3.50. The predicted octanol–water partition coefficient (Wildman–Crippen LogP) is 3.09. The Hall–Kier alpha value is -3.49. The molecule has 0 bridgehead atoms. The van der Waals surface area contributed by atoms with Crippen molar-refractivity contribution in [3.63, 3.8) is 0 Å². The summed E-state index contributed by atoms with van der Waals surface area (Å²) in [6, 6.07) is 5.71. The largest absolute Gasteiger partial charge is 0.416 e. The van der Waals surface area contributed by atoms with Crippen LogP contribution in [0.1, 0.15) is 73.0 Å². The van der Waals surface area contributed by atoms with E-state index in [4.69, 9.17) is 9.52 Å². The van der Waals surface area contributed by atoms with Crippen LogP contribution in [0.15, 0.2) is 35.1 Å². The maximum absolute atomic E-state index is 13.4. The van der Waals surface area contributed by atoms with Crippen LogP contribution < -0.4 is 0 Å². The van der Waals surface area contributed by atoms with E-state index in [0.717, 1.165) is 29.0 Å². The number of amides is 1. The molecule has 160 valence electrons. The van der Waals surface area contributed by atoms with E-state index in [0.29, 0.717) is 18.9 Å². The molecule has 0 spiro atoms. The fourth-order valence-electron chi connectivity index (χ4n) is 3.92. The highest BCUT2D eigenvalue weighted by atomic mass is 16.4. The number of hydrogen-bond donors (Lipinski definition) is 1. The minimum absolute atomic E-state index is 0.00839. The number of aromatic nitrogens is 6. The number of aryl methyl sites for hydroxylation is 1. The zero-order valence-electron chi connectivity index (χ0n) is 18.1. The molecule has 0 fully saturated rings. The number of nitrogens with zero attached hydrogens (tertiary/aromatic N) is 6. The van der Waals surface area contributed by atoms with Gasteiger partial charge in [0.15, 0.2) is 0 Å². The van der Waals surface area contributed by atoms with Crippen LogP contribution in [0.3, 0.4) is 0 Å². The number of hydrogen-bond acceptors (Lipinski definition) is 6. The van der Waals surface area contributed by atoms with Crippen molar-refractivity contribution in [2.75, 3.05) is 6.54 Å². The number of nitrogens with one attached hydrogen (secondary N) is 1. The lowest BCUT2D eigenvalue weighted by atomic mass is 9.97. The normalized spacial score (nSPS) is 16.6. The third-order valence-electron chi connectivity index (χ3n) is 5.66. The van der Waals surface area contributed by atoms with Gasteiger partial charge in [0.05, 0.1) is 23.2 Å². The van der Waals surface area contributed by atoms with Gasteiger partial charge in [0.25, 0.3) is 0 Å². The van der Waals surface area contributed by atoms with E-state index in [1.807, 2.05) is 43.6 Å². The van der Waals surface area contributed by atoms with Gasteiger partial charge in [-0.05, 0) is 24.1 Å². The molecule has 5 rings (SSSR count). The zero-order chi connectivity index (χ0) is 21.8. The molecule has 1 amide bonds. The van der Waals surface area contributed by atoms with Crippen molar-refractivity contribution in [2.45, 2.75) is 52.0 Å². The van der Waals surface area contributed by atoms with Crippen molar-refractivity contribution in [3.05, 3.63) is 65.1 Å². The first kappa shape index (κ1) is 19.5. The molecule has 4 aromatic heterocycles. The van der Waals surface area contributed by atoms with Gasteiger partial charge in [0.1, 0.15) is 6.04 Å². The fraction of sp³-hybridized carbons (Fsp3) is 0.409. The number of aromatic amines is 1. The molecule has 4 aromatic rings. The van der Waals surface area contributed by atoms with Gasteiger partial charge in [-0.1, -0.05) is 33.8 Å². The second-order valence-electron chi connectivity index (χ2n) is 8.91. The maximum atomic E-state index is 13.4. The fourth-order valence-corrected chi connectivity index (χ4v) is 3.92. The third-order valence-corrected chi connectivity index (χ3v) is 5.66. The first-order valence-electron chi connectivity index (χ1n) is 10.5. The molecule has 0 aliphatic carbocycles. The zero-order valence-corrected chi connectivity index (χ0v) is 18.1. The molecule has 9 heteroatoms. The molecule has 0 radical (unpaired) electrons. The lowest BCUT2D eigenvalue weighted by Gasteiger charge is -2.32. The van der Waals surface area contributed by atoms with Crippen molar-refractivity contribution in [2.24, 2.45) is 0 Å². The van der Waals surface area contributed by atoms with Crippen molar-refractivity contribution in [1.82, 2.24) is 34.7 Å². The highest BCUT2D eigenvalue weighted by Gasteiger charge is 2.38. The van der Waals surface area contributed by atoms with Gasteiger partial charge in [-0.25, -0.2) is 9.50 Å². The lowest BCUT2D eigenvalue weighted by molar-refractivity contribution is 0.0642. The van der Waals surface area contributed by atoms with Gasteiger partial charge in [0, 0.05) is 30.3 Å².